The number of benzene rings is 1. The quantitative estimate of drug-likeness (QED) is 0.858. The Hall–Kier alpha value is -1.55. The van der Waals surface area contributed by atoms with Gasteiger partial charge in [-0.05, 0) is 43.7 Å². The van der Waals surface area contributed by atoms with E-state index in [4.69, 9.17) is 4.42 Å². The largest absolute Gasteiger partial charge is 0.464 e. The number of carbonyl (C=O) groups is 1. The van der Waals surface area contributed by atoms with Gasteiger partial charge >= 0.3 is 0 Å². The standard InChI is InChI=1S/C15H16BrNO2/c1-10-7-8-12(19-10)9-17(3)15(18)13-5-4-6-14(16)11(13)2/h4-8H,9H2,1-3H3. The summed E-state index contributed by atoms with van der Waals surface area (Å²) >= 11 is 3.44. The molecular formula is C15H16BrNO2. The number of carbonyl (C=O) groups excluding carboxylic acids is 1. The van der Waals surface area contributed by atoms with E-state index in [-0.39, 0.29) is 5.91 Å². The molecule has 0 radical (unpaired) electrons. The van der Waals surface area contributed by atoms with E-state index < -0.39 is 0 Å². The predicted octanol–water partition coefficient (Wildman–Crippen LogP) is 3.93. The number of rotatable bonds is 3. The van der Waals surface area contributed by atoms with Gasteiger partial charge in [0.15, 0.2) is 0 Å². The first-order valence-corrected chi connectivity index (χ1v) is 6.84. The summed E-state index contributed by atoms with van der Waals surface area (Å²) in [5, 5.41) is 0. The fourth-order valence-electron chi connectivity index (χ4n) is 1.92. The van der Waals surface area contributed by atoms with E-state index in [0.29, 0.717) is 12.1 Å². The van der Waals surface area contributed by atoms with E-state index in [0.717, 1.165) is 21.6 Å². The summed E-state index contributed by atoms with van der Waals surface area (Å²) in [4.78, 5) is 14.1. The van der Waals surface area contributed by atoms with E-state index in [9.17, 15) is 4.79 Å². The minimum Gasteiger partial charge on any atom is -0.464 e. The summed E-state index contributed by atoms with van der Waals surface area (Å²) in [6.07, 6.45) is 0. The zero-order valence-corrected chi connectivity index (χ0v) is 12.8. The molecule has 1 aromatic heterocycles. The lowest BCUT2D eigenvalue weighted by molar-refractivity contribution is 0.0774. The van der Waals surface area contributed by atoms with Crippen LogP contribution in [0.5, 0.6) is 0 Å². The smallest absolute Gasteiger partial charge is 0.254 e. The Morgan fingerprint density at radius 3 is 2.63 bits per heavy atom. The third-order valence-corrected chi connectivity index (χ3v) is 3.89. The molecule has 1 aromatic carbocycles. The minimum atomic E-state index is -0.00662. The van der Waals surface area contributed by atoms with Crippen molar-refractivity contribution in [1.29, 1.82) is 0 Å². The van der Waals surface area contributed by atoms with Crippen molar-refractivity contribution in [2.75, 3.05) is 7.05 Å². The lowest BCUT2D eigenvalue weighted by atomic mass is 10.1. The zero-order chi connectivity index (χ0) is 14.0. The van der Waals surface area contributed by atoms with E-state index in [1.807, 2.05) is 44.2 Å². The molecule has 0 bridgehead atoms. The van der Waals surface area contributed by atoms with Gasteiger partial charge in [-0.3, -0.25) is 4.79 Å². The molecule has 3 nitrogen and oxygen atoms in total. The number of halogens is 1. The van der Waals surface area contributed by atoms with E-state index in [1.165, 1.54) is 0 Å². The Morgan fingerprint density at radius 1 is 1.26 bits per heavy atom. The van der Waals surface area contributed by atoms with Crippen LogP contribution in [-0.2, 0) is 6.54 Å². The molecule has 2 aromatic rings. The molecule has 1 heterocycles. The monoisotopic (exact) mass is 321 g/mol. The number of furan rings is 1. The molecule has 0 saturated heterocycles. The van der Waals surface area contributed by atoms with Crippen molar-refractivity contribution < 1.29 is 9.21 Å². The molecule has 2 rings (SSSR count). The van der Waals surface area contributed by atoms with E-state index in [1.54, 1.807) is 11.9 Å². The van der Waals surface area contributed by atoms with Crippen LogP contribution in [0.15, 0.2) is 39.2 Å². The van der Waals surface area contributed by atoms with Gasteiger partial charge in [-0.25, -0.2) is 0 Å². The fraction of sp³-hybridized carbons (Fsp3) is 0.267. The van der Waals surface area contributed by atoms with Gasteiger partial charge in [-0.15, -0.1) is 0 Å². The van der Waals surface area contributed by atoms with Gasteiger partial charge in [0.05, 0.1) is 6.54 Å². The van der Waals surface area contributed by atoms with Crippen molar-refractivity contribution in [3.8, 4) is 0 Å². The Balaban J connectivity index is 2.17. The van der Waals surface area contributed by atoms with Crippen LogP contribution >= 0.6 is 15.9 Å². The van der Waals surface area contributed by atoms with Gasteiger partial charge in [0.1, 0.15) is 11.5 Å². The Bertz CT molecular complexity index is 604. The second-order valence-electron chi connectivity index (χ2n) is 4.59. The Morgan fingerprint density at radius 2 is 2.00 bits per heavy atom. The van der Waals surface area contributed by atoms with Crippen LogP contribution in [0.2, 0.25) is 0 Å². The lowest BCUT2D eigenvalue weighted by Crippen LogP contribution is -2.26. The summed E-state index contributed by atoms with van der Waals surface area (Å²) in [6, 6.07) is 9.44. The second-order valence-corrected chi connectivity index (χ2v) is 5.44. The van der Waals surface area contributed by atoms with Crippen LogP contribution < -0.4 is 0 Å². The summed E-state index contributed by atoms with van der Waals surface area (Å²) in [5.74, 6) is 1.64. The third-order valence-electron chi connectivity index (χ3n) is 3.03. The van der Waals surface area contributed by atoms with Crippen molar-refractivity contribution in [3.63, 3.8) is 0 Å². The molecular weight excluding hydrogens is 306 g/mol. The molecule has 0 fully saturated rings. The molecule has 0 aliphatic carbocycles. The molecule has 1 amide bonds. The SMILES string of the molecule is Cc1ccc(CN(C)C(=O)c2cccc(Br)c2C)o1. The highest BCUT2D eigenvalue weighted by atomic mass is 79.9. The van der Waals surface area contributed by atoms with Crippen molar-refractivity contribution in [2.24, 2.45) is 0 Å². The Labute approximate surface area is 121 Å². The first kappa shape index (κ1) is 13.9. The Kier molecular flexibility index (Phi) is 4.10. The fourth-order valence-corrected chi connectivity index (χ4v) is 2.29. The average molecular weight is 322 g/mol. The first-order valence-electron chi connectivity index (χ1n) is 6.05. The molecule has 0 atom stereocenters. The maximum Gasteiger partial charge on any atom is 0.254 e. The minimum absolute atomic E-state index is 0.00662. The highest BCUT2D eigenvalue weighted by Crippen LogP contribution is 2.21. The maximum absolute atomic E-state index is 12.4. The van der Waals surface area contributed by atoms with Crippen LogP contribution in [0, 0.1) is 13.8 Å². The van der Waals surface area contributed by atoms with Gasteiger partial charge in [0.25, 0.3) is 5.91 Å². The number of nitrogens with zero attached hydrogens (tertiary/aromatic N) is 1. The molecule has 4 heteroatoms. The van der Waals surface area contributed by atoms with E-state index in [2.05, 4.69) is 15.9 Å². The van der Waals surface area contributed by atoms with E-state index >= 15 is 0 Å². The van der Waals surface area contributed by atoms with Gasteiger partial charge in [-0.1, -0.05) is 22.0 Å². The van der Waals surface area contributed by atoms with Crippen LogP contribution in [0.25, 0.3) is 0 Å². The summed E-state index contributed by atoms with van der Waals surface area (Å²) < 4.78 is 6.44. The van der Waals surface area contributed by atoms with Crippen molar-refractivity contribution >= 4 is 21.8 Å². The average Bonchev–Trinajstić information content (AvgIpc) is 2.77. The summed E-state index contributed by atoms with van der Waals surface area (Å²) in [7, 11) is 1.78. The molecule has 0 unspecified atom stereocenters. The normalized spacial score (nSPS) is 10.5. The molecule has 100 valence electrons. The number of hydrogen-bond acceptors (Lipinski definition) is 2. The van der Waals surface area contributed by atoms with Crippen LogP contribution in [0.3, 0.4) is 0 Å². The zero-order valence-electron chi connectivity index (χ0n) is 11.2. The molecule has 19 heavy (non-hydrogen) atoms. The predicted molar refractivity (Wildman–Crippen MR) is 78.1 cm³/mol. The first-order chi connectivity index (χ1) is 8.99. The van der Waals surface area contributed by atoms with Crippen molar-refractivity contribution in [1.82, 2.24) is 4.90 Å². The molecule has 0 saturated carbocycles. The van der Waals surface area contributed by atoms with Gasteiger partial charge < -0.3 is 9.32 Å². The highest BCUT2D eigenvalue weighted by Gasteiger charge is 2.16. The van der Waals surface area contributed by atoms with Crippen LogP contribution in [0.4, 0.5) is 0 Å². The van der Waals surface area contributed by atoms with Crippen molar-refractivity contribution in [3.05, 3.63) is 57.5 Å². The van der Waals surface area contributed by atoms with Crippen LogP contribution in [0.1, 0.15) is 27.4 Å². The third kappa shape index (κ3) is 3.07. The highest BCUT2D eigenvalue weighted by molar-refractivity contribution is 9.10. The number of amides is 1. The van der Waals surface area contributed by atoms with Crippen LogP contribution in [-0.4, -0.2) is 17.9 Å². The lowest BCUT2D eigenvalue weighted by Gasteiger charge is -2.17. The summed E-state index contributed by atoms with van der Waals surface area (Å²) in [6.45, 7) is 4.30. The number of aryl methyl sites for hydroxylation is 1. The number of hydrogen-bond donors (Lipinski definition) is 0. The van der Waals surface area contributed by atoms with Gasteiger partial charge in [0.2, 0.25) is 0 Å². The molecule has 0 spiro atoms. The maximum atomic E-state index is 12.4. The molecule has 0 aliphatic rings. The summed E-state index contributed by atoms with van der Waals surface area (Å²) in [5.41, 5.74) is 1.66. The van der Waals surface area contributed by atoms with Crippen molar-refractivity contribution in [2.45, 2.75) is 20.4 Å². The van der Waals surface area contributed by atoms with Gasteiger partial charge in [0, 0.05) is 17.1 Å². The topological polar surface area (TPSA) is 33.5 Å². The molecule has 0 aliphatic heterocycles. The van der Waals surface area contributed by atoms with Gasteiger partial charge in [-0.2, -0.15) is 0 Å². The molecule has 0 N–H and O–H groups in total. The second kappa shape index (κ2) is 5.61.